The summed E-state index contributed by atoms with van der Waals surface area (Å²) in [6.07, 6.45) is 0.213. The zero-order valence-corrected chi connectivity index (χ0v) is 17.3. The summed E-state index contributed by atoms with van der Waals surface area (Å²) in [6, 6.07) is 20.7. The molecule has 6 nitrogen and oxygen atoms in total. The molecule has 0 radical (unpaired) electrons. The molecule has 0 aromatic heterocycles. The van der Waals surface area contributed by atoms with Gasteiger partial charge in [-0.3, -0.25) is 0 Å². The molecule has 3 aromatic carbocycles. The van der Waals surface area contributed by atoms with E-state index in [1.54, 1.807) is 18.2 Å². The summed E-state index contributed by atoms with van der Waals surface area (Å²) < 4.78 is 11.1. The van der Waals surface area contributed by atoms with Crippen molar-refractivity contribution in [1.29, 1.82) is 0 Å². The molecule has 0 spiro atoms. The molecule has 2 heterocycles. The molecule has 0 fully saturated rings. The quantitative estimate of drug-likeness (QED) is 0.628. The van der Waals surface area contributed by atoms with Crippen molar-refractivity contribution in [3.63, 3.8) is 0 Å². The molecule has 31 heavy (non-hydrogen) atoms. The monoisotopic (exact) mass is 414 g/mol. The van der Waals surface area contributed by atoms with Crippen LogP contribution in [0, 0.1) is 6.92 Å². The summed E-state index contributed by atoms with van der Waals surface area (Å²) >= 11 is 0. The number of phenols is 1. The van der Waals surface area contributed by atoms with Crippen LogP contribution in [0.2, 0.25) is 0 Å². The summed E-state index contributed by atoms with van der Waals surface area (Å²) in [5.41, 5.74) is 5.05. The molecule has 2 atom stereocenters. The third kappa shape index (κ3) is 3.30. The first-order valence-electron chi connectivity index (χ1n) is 10.1. The Hall–Kier alpha value is -3.80. The number of fused-ring (bicyclic) bond motifs is 3. The first kappa shape index (κ1) is 19.2. The van der Waals surface area contributed by atoms with Gasteiger partial charge in [-0.2, -0.15) is 5.10 Å². The third-order valence-electron chi connectivity index (χ3n) is 5.78. The Bertz CT molecular complexity index is 1190. The lowest BCUT2D eigenvalue weighted by Gasteiger charge is -2.38. The maximum atomic E-state index is 11.8. The minimum Gasteiger partial charge on any atom is -0.507 e. The van der Waals surface area contributed by atoms with Crippen molar-refractivity contribution in [1.82, 2.24) is 5.01 Å². The Morgan fingerprint density at radius 1 is 1.13 bits per heavy atom. The second kappa shape index (κ2) is 7.47. The fourth-order valence-electron chi connectivity index (χ4n) is 4.20. The standard InChI is InChI=1S/C25H22N2O4/c1-15-7-12-22(28)19(13-15)20-14-21-18-5-3-4-6-23(18)31-24(27(21)26-20)16-8-10-17(11-9-16)25(29)30-2/h3-13,21,24,28H,14H2,1-2H3/t21-,24-/m0/s1. The zero-order valence-electron chi connectivity index (χ0n) is 17.3. The number of carbonyl (C=O) groups is 1. The van der Waals surface area contributed by atoms with Crippen LogP contribution in [0.1, 0.15) is 51.3 Å². The Morgan fingerprint density at radius 3 is 2.68 bits per heavy atom. The maximum absolute atomic E-state index is 11.8. The average molecular weight is 414 g/mol. The van der Waals surface area contributed by atoms with Crippen LogP contribution in [0.25, 0.3) is 0 Å². The normalized spacial score (nSPS) is 19.2. The van der Waals surface area contributed by atoms with E-state index < -0.39 is 6.23 Å². The second-order valence-electron chi connectivity index (χ2n) is 7.79. The molecular weight excluding hydrogens is 392 g/mol. The van der Waals surface area contributed by atoms with Crippen molar-refractivity contribution in [2.45, 2.75) is 25.6 Å². The Morgan fingerprint density at radius 2 is 1.90 bits per heavy atom. The van der Waals surface area contributed by atoms with Crippen LogP contribution in [0.15, 0.2) is 71.8 Å². The summed E-state index contributed by atoms with van der Waals surface area (Å²) in [5, 5.41) is 17.3. The fourth-order valence-corrected chi connectivity index (χ4v) is 4.20. The first-order valence-corrected chi connectivity index (χ1v) is 10.1. The summed E-state index contributed by atoms with van der Waals surface area (Å²) in [4.78, 5) is 11.8. The number of para-hydroxylation sites is 1. The Kier molecular flexibility index (Phi) is 4.62. The Balaban J connectivity index is 1.57. The van der Waals surface area contributed by atoms with Crippen LogP contribution in [0.5, 0.6) is 11.5 Å². The van der Waals surface area contributed by atoms with Gasteiger partial charge in [-0.15, -0.1) is 0 Å². The minimum absolute atomic E-state index is 0.00912. The molecule has 156 valence electrons. The fraction of sp³-hybridized carbons (Fsp3) is 0.200. The number of benzene rings is 3. The van der Waals surface area contributed by atoms with Crippen LogP contribution in [-0.2, 0) is 4.74 Å². The third-order valence-corrected chi connectivity index (χ3v) is 5.78. The van der Waals surface area contributed by atoms with E-state index in [-0.39, 0.29) is 17.8 Å². The predicted octanol–water partition coefficient (Wildman–Crippen LogP) is 4.73. The average Bonchev–Trinajstić information content (AvgIpc) is 3.25. The number of phenolic OH excluding ortho intramolecular Hbond substituents is 1. The van der Waals surface area contributed by atoms with Crippen molar-refractivity contribution >= 4 is 11.7 Å². The molecule has 6 heteroatoms. The van der Waals surface area contributed by atoms with E-state index in [1.807, 2.05) is 54.4 Å². The largest absolute Gasteiger partial charge is 0.507 e. The number of esters is 1. The van der Waals surface area contributed by atoms with Crippen molar-refractivity contribution < 1.29 is 19.4 Å². The highest BCUT2D eigenvalue weighted by Gasteiger charge is 2.41. The molecule has 3 aromatic rings. The van der Waals surface area contributed by atoms with Gasteiger partial charge in [0.05, 0.1) is 24.4 Å². The number of hydrazone groups is 1. The van der Waals surface area contributed by atoms with Crippen LogP contribution in [0.4, 0.5) is 0 Å². The maximum Gasteiger partial charge on any atom is 0.337 e. The number of hydrogen-bond donors (Lipinski definition) is 1. The SMILES string of the molecule is COC(=O)c1ccc([C@@H]2Oc3ccccc3[C@@H]3CC(c4cc(C)ccc4O)=NN32)cc1. The summed E-state index contributed by atoms with van der Waals surface area (Å²) in [7, 11) is 1.36. The molecule has 0 unspecified atom stereocenters. The van der Waals surface area contributed by atoms with Crippen LogP contribution in [-0.4, -0.2) is 28.9 Å². The van der Waals surface area contributed by atoms with E-state index in [2.05, 4.69) is 6.07 Å². The van der Waals surface area contributed by atoms with Crippen molar-refractivity contribution in [2.24, 2.45) is 5.10 Å². The smallest absolute Gasteiger partial charge is 0.337 e. The molecule has 5 rings (SSSR count). The van der Waals surface area contributed by atoms with Crippen LogP contribution < -0.4 is 4.74 Å². The number of methoxy groups -OCH3 is 1. The molecule has 2 aliphatic rings. The first-order chi connectivity index (χ1) is 15.0. The topological polar surface area (TPSA) is 71.4 Å². The molecule has 0 amide bonds. The molecule has 0 bridgehead atoms. The van der Waals surface area contributed by atoms with Crippen molar-refractivity contribution in [3.8, 4) is 11.5 Å². The zero-order chi connectivity index (χ0) is 21.5. The Labute approximate surface area is 180 Å². The van der Waals surface area contributed by atoms with Crippen LogP contribution in [0.3, 0.4) is 0 Å². The summed E-state index contributed by atoms with van der Waals surface area (Å²) in [6.45, 7) is 2.00. The van der Waals surface area contributed by atoms with Gasteiger partial charge in [0, 0.05) is 23.1 Å². The van der Waals surface area contributed by atoms with E-state index in [1.165, 1.54) is 7.11 Å². The lowest BCUT2D eigenvalue weighted by atomic mass is 9.95. The molecule has 0 saturated carbocycles. The van der Waals surface area contributed by atoms with Crippen LogP contribution >= 0.6 is 0 Å². The summed E-state index contributed by atoms with van der Waals surface area (Å²) in [5.74, 6) is 0.656. The number of hydrogen-bond acceptors (Lipinski definition) is 6. The van der Waals surface area contributed by atoms with E-state index in [0.29, 0.717) is 12.0 Å². The van der Waals surface area contributed by atoms with Gasteiger partial charge in [-0.1, -0.05) is 42.0 Å². The van der Waals surface area contributed by atoms with E-state index in [4.69, 9.17) is 14.6 Å². The molecule has 0 saturated heterocycles. The number of rotatable bonds is 3. The van der Waals surface area contributed by atoms with Gasteiger partial charge in [0.2, 0.25) is 6.23 Å². The predicted molar refractivity (Wildman–Crippen MR) is 116 cm³/mol. The number of aryl methyl sites for hydroxylation is 1. The van der Waals surface area contributed by atoms with Crippen molar-refractivity contribution in [3.05, 3.63) is 94.5 Å². The minimum atomic E-state index is -0.448. The number of nitrogens with zero attached hydrogens (tertiary/aromatic N) is 2. The lowest BCUT2D eigenvalue weighted by molar-refractivity contribution is -0.0190. The second-order valence-corrected chi connectivity index (χ2v) is 7.79. The molecular formula is C25H22N2O4. The van der Waals surface area contributed by atoms with Gasteiger partial charge >= 0.3 is 5.97 Å². The molecule has 1 N–H and O–H groups in total. The highest BCUT2D eigenvalue weighted by Crippen LogP contribution is 2.47. The van der Waals surface area contributed by atoms with Gasteiger partial charge < -0.3 is 14.6 Å². The van der Waals surface area contributed by atoms with Gasteiger partial charge in [-0.25, -0.2) is 9.80 Å². The molecule has 0 aliphatic carbocycles. The number of carbonyl (C=O) groups excluding carboxylic acids is 1. The van der Waals surface area contributed by atoms with Crippen molar-refractivity contribution in [2.75, 3.05) is 7.11 Å². The van der Waals surface area contributed by atoms with Gasteiger partial charge in [0.1, 0.15) is 11.5 Å². The van der Waals surface area contributed by atoms with Gasteiger partial charge in [0.25, 0.3) is 0 Å². The van der Waals surface area contributed by atoms with Gasteiger partial charge in [-0.05, 0) is 37.3 Å². The van der Waals surface area contributed by atoms with E-state index >= 15 is 0 Å². The number of ether oxygens (including phenoxy) is 2. The highest BCUT2D eigenvalue weighted by molar-refractivity contribution is 6.04. The highest BCUT2D eigenvalue weighted by atomic mass is 16.5. The number of aromatic hydroxyl groups is 1. The van der Waals surface area contributed by atoms with E-state index in [9.17, 15) is 9.90 Å². The van der Waals surface area contributed by atoms with Gasteiger partial charge in [0.15, 0.2) is 0 Å². The molecule has 2 aliphatic heterocycles. The van der Waals surface area contributed by atoms with E-state index in [0.717, 1.165) is 33.7 Å². The lowest BCUT2D eigenvalue weighted by Crippen LogP contribution is -2.33.